The number of Topliss-reactive ketones (excluding diaryl/α,β-unsaturated/α-hetero) is 1. The van der Waals surface area contributed by atoms with E-state index in [1.165, 1.54) is 6.92 Å². The molecule has 3 aromatic carbocycles. The zero-order valence-electron chi connectivity index (χ0n) is 18.1. The molecule has 0 radical (unpaired) electrons. The van der Waals surface area contributed by atoms with Crippen molar-refractivity contribution in [3.63, 3.8) is 0 Å². The largest absolute Gasteiger partial charge is 0.411 e. The summed E-state index contributed by atoms with van der Waals surface area (Å²) in [4.78, 5) is 31.6. The number of carbonyl (C=O) groups is 2. The van der Waals surface area contributed by atoms with Crippen LogP contribution in [-0.4, -0.2) is 37.6 Å². The molecule has 2 aromatic heterocycles. The molecule has 5 aromatic rings. The predicted molar refractivity (Wildman–Crippen MR) is 131 cm³/mol. The maximum Gasteiger partial charge on any atom is 0.277 e. The molecular weight excluding hydrogens is 450 g/mol. The van der Waals surface area contributed by atoms with Crippen molar-refractivity contribution in [3.8, 4) is 22.8 Å². The molecule has 0 unspecified atom stereocenters. The van der Waals surface area contributed by atoms with Gasteiger partial charge in [-0.2, -0.15) is 0 Å². The van der Waals surface area contributed by atoms with E-state index in [1.807, 2.05) is 48.5 Å². The summed E-state index contributed by atoms with van der Waals surface area (Å²) in [6, 6.07) is 22.3. The number of hydrogen-bond donors (Lipinski definition) is 2. The number of imidazole rings is 1. The number of anilines is 1. The van der Waals surface area contributed by atoms with Crippen LogP contribution < -0.4 is 5.32 Å². The second-order valence-corrected chi connectivity index (χ2v) is 8.45. The minimum Gasteiger partial charge on any atom is -0.411 e. The molecular formula is C25H19N5O3S. The molecule has 9 heteroatoms. The van der Waals surface area contributed by atoms with Gasteiger partial charge in [0.15, 0.2) is 5.78 Å². The fourth-order valence-electron chi connectivity index (χ4n) is 3.37. The summed E-state index contributed by atoms with van der Waals surface area (Å²) in [5.74, 6) is 1.02. The van der Waals surface area contributed by atoms with E-state index in [-0.39, 0.29) is 17.4 Å². The first-order valence-corrected chi connectivity index (χ1v) is 11.5. The van der Waals surface area contributed by atoms with E-state index in [2.05, 4.69) is 25.5 Å². The Bertz CT molecular complexity index is 1480. The third-order valence-electron chi connectivity index (χ3n) is 5.08. The Kier molecular flexibility index (Phi) is 5.92. The number of rotatable bonds is 7. The summed E-state index contributed by atoms with van der Waals surface area (Å²) >= 11 is 1.15. The van der Waals surface area contributed by atoms with Gasteiger partial charge in [-0.15, -0.1) is 10.2 Å². The molecule has 2 N–H and O–H groups in total. The molecule has 0 atom stereocenters. The highest BCUT2D eigenvalue weighted by Crippen LogP contribution is 2.27. The van der Waals surface area contributed by atoms with Gasteiger partial charge in [-0.25, -0.2) is 4.98 Å². The normalized spacial score (nSPS) is 11.0. The van der Waals surface area contributed by atoms with E-state index in [4.69, 9.17) is 4.42 Å². The highest BCUT2D eigenvalue weighted by atomic mass is 32.2. The molecule has 1 amide bonds. The van der Waals surface area contributed by atoms with E-state index >= 15 is 0 Å². The van der Waals surface area contributed by atoms with Crippen LogP contribution in [-0.2, 0) is 4.79 Å². The van der Waals surface area contributed by atoms with Crippen LogP contribution in [0.25, 0.3) is 33.9 Å². The molecule has 8 nitrogen and oxygen atoms in total. The van der Waals surface area contributed by atoms with Gasteiger partial charge < -0.3 is 14.7 Å². The molecule has 5 rings (SSSR count). The Morgan fingerprint density at radius 3 is 2.53 bits per heavy atom. The average molecular weight is 470 g/mol. The molecule has 34 heavy (non-hydrogen) atoms. The van der Waals surface area contributed by atoms with Crippen molar-refractivity contribution < 1.29 is 14.0 Å². The van der Waals surface area contributed by atoms with Crippen molar-refractivity contribution in [2.75, 3.05) is 11.1 Å². The van der Waals surface area contributed by atoms with Gasteiger partial charge in [-0.05, 0) is 49.4 Å². The number of aromatic nitrogens is 4. The molecule has 168 valence electrons. The number of aromatic amines is 1. The number of thioether (sulfide) groups is 1. The lowest BCUT2D eigenvalue weighted by Gasteiger charge is -2.04. The lowest BCUT2D eigenvalue weighted by molar-refractivity contribution is -0.113. The number of nitrogens with zero attached hydrogens (tertiary/aromatic N) is 3. The van der Waals surface area contributed by atoms with Gasteiger partial charge in [0.25, 0.3) is 5.22 Å². The first kappa shape index (κ1) is 21.6. The van der Waals surface area contributed by atoms with Crippen molar-refractivity contribution in [1.29, 1.82) is 0 Å². The van der Waals surface area contributed by atoms with Crippen LogP contribution in [0.15, 0.2) is 82.4 Å². The zero-order chi connectivity index (χ0) is 23.5. The number of H-pyrrole nitrogens is 1. The van der Waals surface area contributed by atoms with Crippen LogP contribution in [0, 0.1) is 0 Å². The Balaban J connectivity index is 1.23. The molecule has 0 aliphatic carbocycles. The molecule has 0 saturated heterocycles. The van der Waals surface area contributed by atoms with Crippen molar-refractivity contribution in [2.24, 2.45) is 0 Å². The van der Waals surface area contributed by atoms with E-state index in [0.717, 1.165) is 39.7 Å². The van der Waals surface area contributed by atoms with Gasteiger partial charge in [0.1, 0.15) is 5.82 Å². The van der Waals surface area contributed by atoms with Crippen molar-refractivity contribution in [1.82, 2.24) is 20.2 Å². The topological polar surface area (TPSA) is 114 Å². The van der Waals surface area contributed by atoms with Gasteiger partial charge in [0, 0.05) is 22.4 Å². The van der Waals surface area contributed by atoms with Crippen LogP contribution in [0.5, 0.6) is 0 Å². The number of fused-ring (bicyclic) bond motifs is 1. The summed E-state index contributed by atoms with van der Waals surface area (Å²) in [5.41, 5.74) is 4.67. The van der Waals surface area contributed by atoms with Crippen molar-refractivity contribution in [3.05, 3.63) is 78.4 Å². The van der Waals surface area contributed by atoms with Crippen LogP contribution >= 0.6 is 11.8 Å². The first-order chi connectivity index (χ1) is 16.5. The number of carbonyl (C=O) groups excluding carboxylic acids is 2. The summed E-state index contributed by atoms with van der Waals surface area (Å²) in [5, 5.41) is 11.2. The van der Waals surface area contributed by atoms with Crippen LogP contribution in [0.1, 0.15) is 17.3 Å². The minimum atomic E-state index is -0.215. The van der Waals surface area contributed by atoms with Crippen molar-refractivity contribution in [2.45, 2.75) is 12.1 Å². The molecule has 0 aliphatic rings. The maximum absolute atomic E-state index is 12.2. The fraction of sp³-hybridized carbons (Fsp3) is 0.0800. The molecule has 0 aliphatic heterocycles. The number of nitrogens with one attached hydrogen (secondary N) is 2. The summed E-state index contributed by atoms with van der Waals surface area (Å²) in [6.07, 6.45) is 0. The maximum atomic E-state index is 12.2. The number of hydrogen-bond acceptors (Lipinski definition) is 7. The Labute approximate surface area is 198 Å². The number of ketones is 1. The Morgan fingerprint density at radius 2 is 1.76 bits per heavy atom. The van der Waals surface area contributed by atoms with Gasteiger partial charge in [0.05, 0.1) is 16.8 Å². The van der Waals surface area contributed by atoms with E-state index in [9.17, 15) is 9.59 Å². The highest BCUT2D eigenvalue weighted by molar-refractivity contribution is 7.99. The lowest BCUT2D eigenvalue weighted by atomic mass is 10.1. The monoisotopic (exact) mass is 469 g/mol. The first-order valence-electron chi connectivity index (χ1n) is 10.5. The van der Waals surface area contributed by atoms with E-state index < -0.39 is 0 Å². The second kappa shape index (κ2) is 9.32. The second-order valence-electron chi connectivity index (χ2n) is 7.53. The van der Waals surface area contributed by atoms with Crippen molar-refractivity contribution >= 4 is 40.2 Å². The summed E-state index contributed by atoms with van der Waals surface area (Å²) < 4.78 is 5.74. The van der Waals surface area contributed by atoms with Crippen LogP contribution in [0.3, 0.4) is 0 Å². The molecule has 0 bridgehead atoms. The highest BCUT2D eigenvalue weighted by Gasteiger charge is 2.13. The van der Waals surface area contributed by atoms with Crippen LogP contribution in [0.4, 0.5) is 5.69 Å². The van der Waals surface area contributed by atoms with Gasteiger partial charge in [0.2, 0.25) is 11.8 Å². The summed E-state index contributed by atoms with van der Waals surface area (Å²) in [7, 11) is 0. The molecule has 2 heterocycles. The standard InChI is InChI=1S/C25H19N5O3S/c1-15(31)16-7-10-19(11-8-16)26-22(32)14-34-25-30-29-24(33-25)18-9-12-20-21(13-18)28-23(27-20)17-5-3-2-4-6-17/h2-13H,14H2,1H3,(H,26,32)(H,27,28). The third-order valence-corrected chi connectivity index (χ3v) is 5.90. The molecule has 0 spiro atoms. The van der Waals surface area contributed by atoms with Gasteiger partial charge in [-0.3, -0.25) is 9.59 Å². The lowest BCUT2D eigenvalue weighted by Crippen LogP contribution is -2.14. The quantitative estimate of drug-likeness (QED) is 0.248. The number of benzene rings is 3. The zero-order valence-corrected chi connectivity index (χ0v) is 18.9. The van der Waals surface area contributed by atoms with Gasteiger partial charge in [-0.1, -0.05) is 42.1 Å². The average Bonchev–Trinajstić information content (AvgIpc) is 3.50. The smallest absolute Gasteiger partial charge is 0.277 e. The van der Waals surface area contributed by atoms with E-state index in [0.29, 0.717) is 22.4 Å². The molecule has 0 fully saturated rings. The Hall–Kier alpha value is -4.24. The number of amides is 1. The van der Waals surface area contributed by atoms with E-state index in [1.54, 1.807) is 24.3 Å². The Morgan fingerprint density at radius 1 is 0.971 bits per heavy atom. The predicted octanol–water partition coefficient (Wildman–Crippen LogP) is 5.21. The van der Waals surface area contributed by atoms with Crippen LogP contribution in [0.2, 0.25) is 0 Å². The SMILES string of the molecule is CC(=O)c1ccc(NC(=O)CSc2nnc(-c3ccc4nc(-c5ccccc5)[nH]c4c3)o2)cc1. The van der Waals surface area contributed by atoms with Gasteiger partial charge >= 0.3 is 0 Å². The summed E-state index contributed by atoms with van der Waals surface area (Å²) in [6.45, 7) is 1.50. The fourth-order valence-corrected chi connectivity index (χ4v) is 3.94. The minimum absolute atomic E-state index is 0.0241. The molecule has 0 saturated carbocycles. The third kappa shape index (κ3) is 4.74.